The maximum atomic E-state index is 13.8. The maximum Gasteiger partial charge on any atom is 0.333 e. The molecule has 0 aliphatic rings. The van der Waals surface area contributed by atoms with Gasteiger partial charge in [-0.3, -0.25) is 10.1 Å². The van der Waals surface area contributed by atoms with Gasteiger partial charge in [0.15, 0.2) is 0 Å². The molecule has 1 heterocycles. The minimum absolute atomic E-state index is 0.126. The number of nitro groups is 1. The zero-order valence-corrected chi connectivity index (χ0v) is 12.4. The van der Waals surface area contributed by atoms with Crippen molar-refractivity contribution in [3.8, 4) is 0 Å². The number of aromatic nitrogens is 2. The molecule has 118 valence electrons. The first-order chi connectivity index (χ1) is 10.3. The van der Waals surface area contributed by atoms with E-state index >= 15 is 0 Å². The molecule has 0 saturated carbocycles. The minimum Gasteiger partial charge on any atom is -0.358 e. The van der Waals surface area contributed by atoms with Crippen molar-refractivity contribution >= 4 is 11.5 Å². The molecular weight excluding hydrogens is 294 g/mol. The average molecular weight is 310 g/mol. The fourth-order valence-electron chi connectivity index (χ4n) is 2.30. The van der Waals surface area contributed by atoms with Crippen molar-refractivity contribution in [3.05, 3.63) is 51.2 Å². The molecule has 1 atom stereocenters. The predicted molar refractivity (Wildman–Crippen MR) is 77.6 cm³/mol. The SMILES string of the molecule is CCc1nn(C)c(NC(C)c2ccc(F)cc2F)c1[N+](=O)[O-]. The van der Waals surface area contributed by atoms with Crippen molar-refractivity contribution < 1.29 is 13.7 Å². The molecule has 0 aliphatic heterocycles. The van der Waals surface area contributed by atoms with Gasteiger partial charge in [0.2, 0.25) is 5.82 Å². The van der Waals surface area contributed by atoms with Gasteiger partial charge >= 0.3 is 5.69 Å². The van der Waals surface area contributed by atoms with E-state index in [0.29, 0.717) is 12.1 Å². The van der Waals surface area contributed by atoms with Crippen LogP contribution in [0.25, 0.3) is 0 Å². The van der Waals surface area contributed by atoms with Gasteiger partial charge in [-0.1, -0.05) is 13.0 Å². The molecule has 0 bridgehead atoms. The van der Waals surface area contributed by atoms with Crippen LogP contribution in [0.3, 0.4) is 0 Å². The van der Waals surface area contributed by atoms with Crippen molar-refractivity contribution in [3.63, 3.8) is 0 Å². The van der Waals surface area contributed by atoms with E-state index in [-0.39, 0.29) is 17.1 Å². The highest BCUT2D eigenvalue weighted by Gasteiger charge is 2.27. The largest absolute Gasteiger partial charge is 0.358 e. The van der Waals surface area contributed by atoms with Crippen LogP contribution in [0.4, 0.5) is 20.3 Å². The zero-order valence-electron chi connectivity index (χ0n) is 12.4. The number of anilines is 1. The lowest BCUT2D eigenvalue weighted by Crippen LogP contribution is -2.12. The first-order valence-corrected chi connectivity index (χ1v) is 6.76. The number of hydrogen-bond donors (Lipinski definition) is 1. The second-order valence-electron chi connectivity index (χ2n) is 4.91. The standard InChI is InChI=1S/C14H16F2N4O2/c1-4-12-13(20(21)22)14(19(3)18-12)17-8(2)10-6-5-9(15)7-11(10)16/h5-8,17H,4H2,1-3H3. The molecule has 22 heavy (non-hydrogen) atoms. The Labute approximate surface area is 125 Å². The minimum atomic E-state index is -0.708. The molecule has 1 aromatic heterocycles. The smallest absolute Gasteiger partial charge is 0.333 e. The van der Waals surface area contributed by atoms with Crippen LogP contribution in [0.5, 0.6) is 0 Å². The second-order valence-corrected chi connectivity index (χ2v) is 4.91. The first kappa shape index (κ1) is 15.9. The lowest BCUT2D eigenvalue weighted by Gasteiger charge is -2.16. The molecule has 2 rings (SSSR count). The molecule has 1 N–H and O–H groups in total. The van der Waals surface area contributed by atoms with E-state index in [4.69, 9.17) is 0 Å². The van der Waals surface area contributed by atoms with E-state index in [1.807, 2.05) is 0 Å². The van der Waals surface area contributed by atoms with E-state index in [1.54, 1.807) is 20.9 Å². The number of benzene rings is 1. The van der Waals surface area contributed by atoms with Crippen molar-refractivity contribution in [2.24, 2.45) is 7.05 Å². The summed E-state index contributed by atoms with van der Waals surface area (Å²) in [5.74, 6) is -1.19. The summed E-state index contributed by atoms with van der Waals surface area (Å²) >= 11 is 0. The fourth-order valence-corrected chi connectivity index (χ4v) is 2.30. The van der Waals surface area contributed by atoms with Gasteiger partial charge in [0.25, 0.3) is 0 Å². The molecule has 0 radical (unpaired) electrons. The van der Waals surface area contributed by atoms with E-state index in [2.05, 4.69) is 10.4 Å². The summed E-state index contributed by atoms with van der Waals surface area (Å²) < 4.78 is 28.1. The Balaban J connectivity index is 2.38. The maximum absolute atomic E-state index is 13.8. The number of nitrogens with one attached hydrogen (secondary N) is 1. The molecule has 0 spiro atoms. The van der Waals surface area contributed by atoms with Gasteiger partial charge in [0.1, 0.15) is 17.3 Å². The summed E-state index contributed by atoms with van der Waals surface area (Å²) in [4.78, 5) is 10.7. The van der Waals surface area contributed by atoms with Gasteiger partial charge in [0.05, 0.1) is 11.0 Å². The third kappa shape index (κ3) is 2.90. The van der Waals surface area contributed by atoms with Crippen molar-refractivity contribution in [1.82, 2.24) is 9.78 Å². The normalized spacial score (nSPS) is 12.2. The van der Waals surface area contributed by atoms with Gasteiger partial charge in [-0.25, -0.2) is 13.5 Å². The van der Waals surface area contributed by atoms with E-state index in [0.717, 1.165) is 12.1 Å². The van der Waals surface area contributed by atoms with Gasteiger partial charge in [0, 0.05) is 18.7 Å². The van der Waals surface area contributed by atoms with Crippen LogP contribution < -0.4 is 5.32 Å². The molecule has 1 aromatic carbocycles. The Morgan fingerprint density at radius 1 is 1.45 bits per heavy atom. The van der Waals surface area contributed by atoms with Crippen LogP contribution in [0.2, 0.25) is 0 Å². The molecule has 0 fully saturated rings. The van der Waals surface area contributed by atoms with Gasteiger partial charge < -0.3 is 5.32 Å². The summed E-state index contributed by atoms with van der Waals surface area (Å²) in [5, 5.41) is 18.2. The van der Waals surface area contributed by atoms with E-state index < -0.39 is 22.6 Å². The van der Waals surface area contributed by atoms with E-state index in [9.17, 15) is 18.9 Å². The average Bonchev–Trinajstić information content (AvgIpc) is 2.75. The van der Waals surface area contributed by atoms with Crippen molar-refractivity contribution in [2.75, 3.05) is 5.32 Å². The number of halogens is 2. The number of rotatable bonds is 5. The Kier molecular flexibility index (Phi) is 4.39. The van der Waals surface area contributed by atoms with Gasteiger partial charge in [-0.15, -0.1) is 0 Å². The molecule has 0 aliphatic carbocycles. The third-order valence-corrected chi connectivity index (χ3v) is 3.39. The summed E-state index contributed by atoms with van der Waals surface area (Å²) in [6.45, 7) is 3.40. The zero-order chi connectivity index (χ0) is 16.4. The molecule has 6 nitrogen and oxygen atoms in total. The lowest BCUT2D eigenvalue weighted by atomic mass is 10.1. The van der Waals surface area contributed by atoms with E-state index in [1.165, 1.54) is 10.7 Å². The molecule has 2 aromatic rings. The molecule has 0 amide bonds. The van der Waals surface area contributed by atoms with Crippen molar-refractivity contribution in [1.29, 1.82) is 0 Å². The van der Waals surface area contributed by atoms with Crippen LogP contribution in [-0.4, -0.2) is 14.7 Å². The molecule has 8 heteroatoms. The Morgan fingerprint density at radius 3 is 2.68 bits per heavy atom. The highest BCUT2D eigenvalue weighted by molar-refractivity contribution is 5.60. The Morgan fingerprint density at radius 2 is 2.14 bits per heavy atom. The fraction of sp³-hybridized carbons (Fsp3) is 0.357. The third-order valence-electron chi connectivity index (χ3n) is 3.39. The topological polar surface area (TPSA) is 73.0 Å². The monoisotopic (exact) mass is 310 g/mol. The predicted octanol–water partition coefficient (Wildman–Crippen LogP) is 3.34. The highest BCUT2D eigenvalue weighted by atomic mass is 19.1. The van der Waals surface area contributed by atoms with Gasteiger partial charge in [-0.05, 0) is 19.4 Å². The van der Waals surface area contributed by atoms with Crippen molar-refractivity contribution in [2.45, 2.75) is 26.3 Å². The van der Waals surface area contributed by atoms with Gasteiger partial charge in [-0.2, -0.15) is 5.10 Å². The number of hydrogen-bond acceptors (Lipinski definition) is 4. The van der Waals surface area contributed by atoms with Crippen LogP contribution in [0.15, 0.2) is 18.2 Å². The molecule has 1 unspecified atom stereocenters. The van der Waals surface area contributed by atoms with Crippen LogP contribution in [0.1, 0.15) is 31.1 Å². The number of nitrogens with zero attached hydrogens (tertiary/aromatic N) is 3. The Hall–Kier alpha value is -2.51. The summed E-state index contributed by atoms with van der Waals surface area (Å²) in [5.41, 5.74) is 0.441. The van der Waals surface area contributed by atoms with Crippen LogP contribution in [-0.2, 0) is 13.5 Å². The summed E-state index contributed by atoms with van der Waals surface area (Å²) in [6, 6.07) is 2.65. The molecule has 0 saturated heterocycles. The van der Waals surface area contributed by atoms with Crippen LogP contribution >= 0.6 is 0 Å². The van der Waals surface area contributed by atoms with Crippen LogP contribution in [0, 0.1) is 21.7 Å². The lowest BCUT2D eigenvalue weighted by molar-refractivity contribution is -0.384. The summed E-state index contributed by atoms with van der Waals surface area (Å²) in [6.07, 6.45) is 0.408. The Bertz CT molecular complexity index is 715. The molecular formula is C14H16F2N4O2. The number of aryl methyl sites for hydroxylation is 2. The first-order valence-electron chi connectivity index (χ1n) is 6.76. The quantitative estimate of drug-likeness (QED) is 0.679. The second kappa shape index (κ2) is 6.08. The highest BCUT2D eigenvalue weighted by Crippen LogP contribution is 2.32. The summed E-state index contributed by atoms with van der Waals surface area (Å²) in [7, 11) is 1.57.